The number of nitrogens with one attached hydrogen (secondary N) is 1. The topological polar surface area (TPSA) is 28.2 Å². The highest BCUT2D eigenvalue weighted by Gasteiger charge is 2.19. The zero-order chi connectivity index (χ0) is 13.9. The van der Waals surface area contributed by atoms with Crippen LogP contribution in [0.4, 0.5) is 0 Å². The Hall–Kier alpha value is -1.45. The number of hydrogen-bond acceptors (Lipinski definition) is 3. The predicted octanol–water partition coefficient (Wildman–Crippen LogP) is 2.66. The van der Waals surface area contributed by atoms with E-state index in [1.807, 2.05) is 12.3 Å². The molecule has 3 heteroatoms. The maximum absolute atomic E-state index is 4.39. The number of fused-ring (bicyclic) bond motifs is 1. The Morgan fingerprint density at radius 2 is 1.89 bits per heavy atom. The first-order valence-corrected chi connectivity index (χ1v) is 6.71. The second-order valence-corrected chi connectivity index (χ2v) is 5.80. The highest BCUT2D eigenvalue weighted by Crippen LogP contribution is 2.16. The van der Waals surface area contributed by atoms with Gasteiger partial charge in [-0.2, -0.15) is 0 Å². The summed E-state index contributed by atoms with van der Waals surface area (Å²) in [7, 11) is 4.23. The fourth-order valence-electron chi connectivity index (χ4n) is 1.97. The van der Waals surface area contributed by atoms with Gasteiger partial charge in [0.2, 0.25) is 0 Å². The van der Waals surface area contributed by atoms with Crippen molar-refractivity contribution in [1.29, 1.82) is 0 Å². The molecule has 2 aromatic rings. The Bertz CT molecular complexity index is 541. The molecule has 3 nitrogen and oxygen atoms in total. The van der Waals surface area contributed by atoms with Gasteiger partial charge in [-0.25, -0.2) is 0 Å². The van der Waals surface area contributed by atoms with Crippen LogP contribution in [0.5, 0.6) is 0 Å². The second-order valence-electron chi connectivity index (χ2n) is 5.80. The molecule has 0 bridgehead atoms. The van der Waals surface area contributed by atoms with E-state index in [4.69, 9.17) is 0 Å². The van der Waals surface area contributed by atoms with Gasteiger partial charge in [0.05, 0.1) is 5.52 Å². The number of para-hydroxylation sites is 1. The van der Waals surface area contributed by atoms with Crippen molar-refractivity contribution in [2.45, 2.75) is 25.9 Å². The summed E-state index contributed by atoms with van der Waals surface area (Å²) in [5, 5.41) is 4.78. The molecule has 0 aliphatic carbocycles. The minimum Gasteiger partial charge on any atom is -0.311 e. The quantitative estimate of drug-likeness (QED) is 0.892. The van der Waals surface area contributed by atoms with Crippen LogP contribution in [0.1, 0.15) is 19.4 Å². The lowest BCUT2D eigenvalue weighted by Gasteiger charge is -2.32. The summed E-state index contributed by atoms with van der Waals surface area (Å²) < 4.78 is 0. The first-order valence-electron chi connectivity index (χ1n) is 6.71. The molecule has 0 atom stereocenters. The average molecular weight is 257 g/mol. The maximum atomic E-state index is 4.39. The number of likely N-dealkylation sites (N-methyl/N-ethyl adjacent to an activating group) is 1. The molecule has 1 heterocycles. The number of nitrogens with zero attached hydrogens (tertiary/aromatic N) is 2. The van der Waals surface area contributed by atoms with Crippen LogP contribution in [0.25, 0.3) is 10.9 Å². The smallest absolute Gasteiger partial charge is 0.0705 e. The monoisotopic (exact) mass is 257 g/mol. The van der Waals surface area contributed by atoms with Gasteiger partial charge in [-0.05, 0) is 45.6 Å². The molecular weight excluding hydrogens is 234 g/mol. The fraction of sp³-hybridized carbons (Fsp3) is 0.438. The van der Waals surface area contributed by atoms with E-state index in [0.29, 0.717) is 0 Å². The van der Waals surface area contributed by atoms with Crippen molar-refractivity contribution < 1.29 is 0 Å². The van der Waals surface area contributed by atoms with Crippen LogP contribution in [0.2, 0.25) is 0 Å². The molecule has 102 valence electrons. The van der Waals surface area contributed by atoms with Crippen molar-refractivity contribution in [1.82, 2.24) is 15.2 Å². The molecule has 0 aliphatic heterocycles. The van der Waals surface area contributed by atoms with Crippen molar-refractivity contribution in [3.63, 3.8) is 0 Å². The third kappa shape index (κ3) is 3.31. The highest BCUT2D eigenvalue weighted by molar-refractivity contribution is 5.81. The van der Waals surface area contributed by atoms with E-state index in [-0.39, 0.29) is 5.54 Å². The van der Waals surface area contributed by atoms with Gasteiger partial charge < -0.3 is 10.2 Å². The second kappa shape index (κ2) is 5.68. The Kier molecular flexibility index (Phi) is 4.17. The van der Waals surface area contributed by atoms with E-state index in [0.717, 1.165) is 18.6 Å². The van der Waals surface area contributed by atoms with Gasteiger partial charge in [0.1, 0.15) is 0 Å². The van der Waals surface area contributed by atoms with E-state index >= 15 is 0 Å². The first kappa shape index (κ1) is 14.0. The van der Waals surface area contributed by atoms with E-state index in [2.05, 4.69) is 67.4 Å². The normalized spacial score (nSPS) is 12.3. The zero-order valence-corrected chi connectivity index (χ0v) is 12.3. The molecule has 1 N–H and O–H groups in total. The minimum atomic E-state index is 0.156. The molecule has 0 radical (unpaired) electrons. The van der Waals surface area contributed by atoms with Gasteiger partial charge >= 0.3 is 0 Å². The molecule has 1 aromatic heterocycles. The lowest BCUT2D eigenvalue weighted by Crippen LogP contribution is -2.46. The van der Waals surface area contributed by atoms with Gasteiger partial charge in [0, 0.05) is 30.2 Å². The standard InChI is InChI=1S/C16H23N3/c1-16(2,19(3)4)12-17-11-13-9-10-18-15-8-6-5-7-14(13)15/h5-10,17H,11-12H2,1-4H3. The Labute approximate surface area is 115 Å². The van der Waals surface area contributed by atoms with Crippen molar-refractivity contribution >= 4 is 10.9 Å². The Balaban J connectivity index is 2.07. The van der Waals surface area contributed by atoms with Crippen LogP contribution in [0.3, 0.4) is 0 Å². The van der Waals surface area contributed by atoms with Gasteiger partial charge in [0.25, 0.3) is 0 Å². The van der Waals surface area contributed by atoms with Crippen molar-refractivity contribution in [2.75, 3.05) is 20.6 Å². The Morgan fingerprint density at radius 3 is 2.63 bits per heavy atom. The SMILES string of the molecule is CN(C)C(C)(C)CNCc1ccnc2ccccc12. The van der Waals surface area contributed by atoms with E-state index < -0.39 is 0 Å². The third-order valence-corrected chi connectivity index (χ3v) is 3.82. The molecule has 0 spiro atoms. The van der Waals surface area contributed by atoms with Gasteiger partial charge in [-0.15, -0.1) is 0 Å². The molecule has 0 aliphatic rings. The van der Waals surface area contributed by atoms with Gasteiger partial charge in [0.15, 0.2) is 0 Å². The van der Waals surface area contributed by atoms with Crippen molar-refractivity contribution in [3.05, 3.63) is 42.1 Å². The fourth-order valence-corrected chi connectivity index (χ4v) is 1.97. The molecular formula is C16H23N3. The third-order valence-electron chi connectivity index (χ3n) is 3.82. The van der Waals surface area contributed by atoms with Crippen LogP contribution in [0.15, 0.2) is 36.5 Å². The lowest BCUT2D eigenvalue weighted by atomic mass is 10.0. The number of hydrogen-bond donors (Lipinski definition) is 1. The van der Waals surface area contributed by atoms with Crippen LogP contribution < -0.4 is 5.32 Å². The maximum Gasteiger partial charge on any atom is 0.0705 e. The zero-order valence-electron chi connectivity index (χ0n) is 12.3. The molecule has 0 amide bonds. The summed E-state index contributed by atoms with van der Waals surface area (Å²) in [6, 6.07) is 10.4. The van der Waals surface area contributed by atoms with Gasteiger partial charge in [-0.1, -0.05) is 18.2 Å². The van der Waals surface area contributed by atoms with Crippen LogP contribution in [-0.4, -0.2) is 36.1 Å². The molecule has 0 saturated carbocycles. The molecule has 0 unspecified atom stereocenters. The average Bonchev–Trinajstić information content (AvgIpc) is 2.38. The van der Waals surface area contributed by atoms with Crippen LogP contribution in [0, 0.1) is 0 Å². The predicted molar refractivity (Wildman–Crippen MR) is 81.2 cm³/mol. The van der Waals surface area contributed by atoms with Gasteiger partial charge in [-0.3, -0.25) is 4.98 Å². The highest BCUT2D eigenvalue weighted by atomic mass is 15.2. The first-order chi connectivity index (χ1) is 9.00. The molecule has 1 aromatic carbocycles. The number of aromatic nitrogens is 1. The summed E-state index contributed by atoms with van der Waals surface area (Å²) in [5.74, 6) is 0. The van der Waals surface area contributed by atoms with Crippen molar-refractivity contribution in [3.8, 4) is 0 Å². The summed E-state index contributed by atoms with van der Waals surface area (Å²) in [4.78, 5) is 6.63. The minimum absolute atomic E-state index is 0.156. The summed E-state index contributed by atoms with van der Waals surface area (Å²) >= 11 is 0. The van der Waals surface area contributed by atoms with Crippen LogP contribution >= 0.6 is 0 Å². The summed E-state index contributed by atoms with van der Waals surface area (Å²) in [6.45, 7) is 6.31. The number of benzene rings is 1. The molecule has 0 fully saturated rings. The Morgan fingerprint density at radius 1 is 1.16 bits per heavy atom. The largest absolute Gasteiger partial charge is 0.311 e. The van der Waals surface area contributed by atoms with E-state index in [9.17, 15) is 0 Å². The summed E-state index contributed by atoms with van der Waals surface area (Å²) in [6.07, 6.45) is 1.89. The van der Waals surface area contributed by atoms with E-state index in [1.54, 1.807) is 0 Å². The molecule has 2 rings (SSSR count). The molecule has 0 saturated heterocycles. The van der Waals surface area contributed by atoms with E-state index in [1.165, 1.54) is 10.9 Å². The number of rotatable bonds is 5. The summed E-state index contributed by atoms with van der Waals surface area (Å²) in [5.41, 5.74) is 2.52. The van der Waals surface area contributed by atoms with Crippen LogP contribution in [-0.2, 0) is 6.54 Å². The van der Waals surface area contributed by atoms with Crippen molar-refractivity contribution in [2.24, 2.45) is 0 Å². The lowest BCUT2D eigenvalue weighted by molar-refractivity contribution is 0.190. The molecule has 19 heavy (non-hydrogen) atoms. The number of pyridine rings is 1.